The minimum absolute atomic E-state index is 0. The molecule has 2 unspecified atom stereocenters. The first-order valence-electron chi connectivity index (χ1n) is 23.0. The van der Waals surface area contributed by atoms with E-state index in [-0.39, 0.29) is 127 Å². The van der Waals surface area contributed by atoms with Crippen LogP contribution in [-0.4, -0.2) is 157 Å². The summed E-state index contributed by atoms with van der Waals surface area (Å²) in [4.78, 5) is 52.5. The summed E-state index contributed by atoms with van der Waals surface area (Å²) in [5, 5.41) is 85.6. The van der Waals surface area contributed by atoms with E-state index in [0.29, 0.717) is 22.3 Å². The van der Waals surface area contributed by atoms with E-state index in [9.17, 15) is 54.9 Å². The van der Waals surface area contributed by atoms with E-state index < -0.39 is 140 Å². The van der Waals surface area contributed by atoms with Crippen LogP contribution in [0.2, 0.25) is 0 Å². The van der Waals surface area contributed by atoms with Gasteiger partial charge in [0.05, 0.1) is 71.9 Å². The number of hydrogen-bond acceptors (Lipinski definition) is 17. The van der Waals surface area contributed by atoms with E-state index >= 15 is 0 Å². The van der Waals surface area contributed by atoms with Crippen LogP contribution in [0, 0.1) is 133 Å². The zero-order valence-corrected chi connectivity index (χ0v) is 52.2. The normalized spacial score (nSPS) is 47.8. The maximum Gasteiger partial charge on any atom is 0.303 e. The molecule has 6 aliphatic carbocycles. The molecule has 16 nitrogen and oxygen atoms in total. The number of aliphatic hydroxyl groups excluding tert-OH is 4. The van der Waals surface area contributed by atoms with Gasteiger partial charge in [-0.25, -0.2) is 0 Å². The Balaban J connectivity index is 0.000000273. The average Bonchev–Trinajstić information content (AvgIpc) is 3.20. The molecule has 0 aromatic heterocycles. The molecule has 0 aromatic carbocycles. The molecule has 4 bridgehead atoms. The van der Waals surface area contributed by atoms with Gasteiger partial charge in [-0.3, -0.25) is 19.2 Å². The van der Waals surface area contributed by atoms with Gasteiger partial charge in [-0.1, -0.05) is 53.3 Å². The van der Waals surface area contributed by atoms with E-state index in [0.717, 1.165) is 7.36 Å². The molecule has 2 aliphatic heterocycles. The third-order valence-corrected chi connectivity index (χ3v) is 18.2. The summed E-state index contributed by atoms with van der Waals surface area (Å²) in [7, 11) is 1.00. The number of Topliss-reactive ketones (excluding diaryl/α,β-unsaturated/α-hetero) is 2. The van der Waals surface area contributed by atoms with E-state index in [1.807, 2.05) is 6.66 Å². The molecule has 6 fully saturated rings. The number of aliphatic hydroxyl groups is 8. The van der Waals surface area contributed by atoms with Crippen molar-refractivity contribution in [2.75, 3.05) is 19.9 Å². The fourth-order valence-corrected chi connectivity index (χ4v) is 14.5. The summed E-state index contributed by atoms with van der Waals surface area (Å²) >= 11 is 4.37. The first-order valence-corrected chi connectivity index (χ1v) is 24.9. The molecule has 0 spiro atoms. The summed E-state index contributed by atoms with van der Waals surface area (Å²) in [6.45, 7) is 21.5. The fourth-order valence-electron chi connectivity index (χ4n) is 14.5. The Labute approximate surface area is 473 Å². The summed E-state index contributed by atoms with van der Waals surface area (Å²) < 4.78 is 30.0. The van der Waals surface area contributed by atoms with Crippen LogP contribution in [0.4, 0.5) is 0 Å². The monoisotopic (exact) mass is 1410 g/mol. The smallest absolute Gasteiger partial charge is 0.303 e. The number of esters is 2. The molecule has 0 aromatic rings. The predicted octanol–water partition coefficient (Wildman–Crippen LogP) is 2.01. The SMILES string of the molecule is CC(=O)O[C@H]1C(=O)[C@@]2(C)C([C@H](C)[C@]3(O)C[C@H](O)C(C)=C1C3(C)C)[C@]1(O)CO[C@@H]1C[C@@H]2O.CP=S.[2H]O[C@H]1C[C@H]2OC[C@@]2(O)C2[C@H](C)[C@]3(O)C[C@H](O)C(C)=C([C@@H](OC(C)=O)C(=O)[C@@]21C)C3(C)C.[Ac].[Ac]. The van der Waals surface area contributed by atoms with Gasteiger partial charge in [0.15, 0.2) is 23.8 Å². The summed E-state index contributed by atoms with van der Waals surface area (Å²) in [5.74, 6) is -5.48. The van der Waals surface area contributed by atoms with Crippen molar-refractivity contribution in [3.8, 4) is 0 Å². The molecular weight excluding hydrogens is 1340 g/mol. The molecule has 4 saturated carbocycles. The van der Waals surface area contributed by atoms with E-state index in [2.05, 4.69) is 11.8 Å². The Morgan fingerprint density at radius 2 is 1.00 bits per heavy atom. The maximum atomic E-state index is 14.3. The van der Waals surface area contributed by atoms with Crippen molar-refractivity contribution in [1.29, 1.82) is 1.43 Å². The summed E-state index contributed by atoms with van der Waals surface area (Å²) in [5.41, 5.74) is -9.29. The van der Waals surface area contributed by atoms with Crippen molar-refractivity contribution in [2.24, 2.45) is 45.3 Å². The third-order valence-electron chi connectivity index (χ3n) is 18.2. The van der Waals surface area contributed by atoms with Crippen molar-refractivity contribution in [2.45, 2.75) is 180 Å². The molecule has 8 aliphatic rings. The molecule has 2 radical (unpaired) electrons. The molecule has 0 amide bonds. The number of rotatable bonds is 3. The van der Waals surface area contributed by atoms with Crippen molar-refractivity contribution >= 4 is 42.7 Å². The second-order valence-corrected chi connectivity index (χ2v) is 23.2. The Kier molecular flexibility index (Phi) is 17.6. The van der Waals surface area contributed by atoms with Crippen LogP contribution in [0.3, 0.4) is 0 Å². The number of fused-ring (bicyclic) bond motifs is 10. The Hall–Kier alpha value is 0.763. The second-order valence-electron chi connectivity index (χ2n) is 21.8. The summed E-state index contributed by atoms with van der Waals surface area (Å²) in [6.07, 6.45) is -8.06. The van der Waals surface area contributed by atoms with Crippen LogP contribution < -0.4 is 0 Å². The first-order chi connectivity index (χ1) is 30.2. The van der Waals surface area contributed by atoms with Crippen LogP contribution in [0.25, 0.3) is 0 Å². The van der Waals surface area contributed by atoms with Crippen molar-refractivity contribution < 1.29 is 167 Å². The first kappa shape index (κ1) is 58.6. The standard InChI is InChI=1S/2C23H34O8.CH3PS.2Ac/c2*1-10-13(25)8-23(29)11(2)18-21(6,14(26)7-15-22(18,28)9-30-15)19(27)17(31-12(3)24)16(10)20(23,4)5;1-2-3;;/h2*11,13-15,17-18,25-26,28-29H,7-9H2,1-6H3;1H3;;/t2*11-,13-,14-,15+,17+,18?,21+,22-,23+;;;/m00.../s1/i26D;;;;. The third kappa shape index (κ3) is 8.57. The van der Waals surface area contributed by atoms with Gasteiger partial charge >= 0.3 is 11.9 Å². The van der Waals surface area contributed by atoms with Gasteiger partial charge in [-0.15, -0.1) is 0 Å². The Bertz CT molecular complexity index is 2110. The van der Waals surface area contributed by atoms with E-state index in [1.165, 1.54) is 13.8 Å². The van der Waals surface area contributed by atoms with Gasteiger partial charge < -0.3 is 59.8 Å². The number of ketones is 2. The minimum Gasteiger partial charge on any atom is -0.450 e. The Morgan fingerprint density at radius 1 is 0.687 bits per heavy atom. The quantitative estimate of drug-likeness (QED) is 0.114. The van der Waals surface area contributed by atoms with Crippen LogP contribution in [0.5, 0.6) is 0 Å². The zero-order chi connectivity index (χ0) is 50.0. The maximum absolute atomic E-state index is 14.3. The molecule has 18 atom stereocenters. The van der Waals surface area contributed by atoms with Crippen molar-refractivity contribution in [3.05, 3.63) is 22.3 Å². The number of carbonyl (C=O) groups is 4. The number of ether oxygens (including phenoxy) is 4. The molecular formula is C47H71Ac2O16PS. The largest absolute Gasteiger partial charge is 0.450 e. The molecule has 372 valence electrons. The Morgan fingerprint density at radius 3 is 1.28 bits per heavy atom. The van der Waals surface area contributed by atoms with Crippen molar-refractivity contribution in [3.63, 3.8) is 0 Å². The molecule has 2 saturated heterocycles. The summed E-state index contributed by atoms with van der Waals surface area (Å²) in [6, 6.07) is 0. The van der Waals surface area contributed by atoms with Crippen LogP contribution >= 0.6 is 7.36 Å². The average molecular weight is 1410 g/mol. The second kappa shape index (κ2) is 20.1. The van der Waals surface area contributed by atoms with E-state index in [1.54, 1.807) is 69.2 Å². The van der Waals surface area contributed by atoms with Crippen LogP contribution in [-0.2, 0) is 49.9 Å². The van der Waals surface area contributed by atoms with E-state index in [4.69, 9.17) is 25.5 Å². The zero-order valence-electron chi connectivity index (χ0n) is 42.0. The van der Waals surface area contributed by atoms with Crippen LogP contribution in [0.1, 0.15) is 109 Å². The molecule has 67 heavy (non-hydrogen) atoms. The topological polar surface area (TPSA) is 267 Å². The number of carbonyl (C=O) groups excluding carboxylic acids is 4. The van der Waals surface area contributed by atoms with Gasteiger partial charge in [0.2, 0.25) is 1.43 Å². The molecule has 20 heteroatoms. The molecule has 2 heterocycles. The van der Waals surface area contributed by atoms with Crippen LogP contribution in [0.15, 0.2) is 22.3 Å². The van der Waals surface area contributed by atoms with Gasteiger partial charge in [-0.2, -0.15) is 0 Å². The van der Waals surface area contributed by atoms with Gasteiger partial charge in [0, 0.05) is 150 Å². The fraction of sp³-hybridized carbons (Fsp3) is 0.830. The van der Waals surface area contributed by atoms with Gasteiger partial charge in [0.1, 0.15) is 11.2 Å². The molecule has 8 rings (SSSR count). The minimum atomic E-state index is -1.55. The predicted molar refractivity (Wildman–Crippen MR) is 238 cm³/mol. The number of hydrogen-bond donors (Lipinski definition) is 8. The van der Waals surface area contributed by atoms with Gasteiger partial charge in [-0.05, 0) is 75.8 Å². The van der Waals surface area contributed by atoms with Crippen molar-refractivity contribution in [1.82, 2.24) is 0 Å². The molecule has 8 N–H and O–H groups in total. The van der Waals surface area contributed by atoms with Gasteiger partial charge in [0.25, 0.3) is 0 Å².